The van der Waals surface area contributed by atoms with E-state index in [4.69, 9.17) is 0 Å². The maximum absolute atomic E-state index is 12.4. The van der Waals surface area contributed by atoms with Crippen LogP contribution in [-0.4, -0.2) is 45.0 Å². The fraction of sp³-hybridized carbons (Fsp3) is 0.429. The quantitative estimate of drug-likeness (QED) is 0.434. The molecule has 0 bridgehead atoms. The molecule has 1 aromatic carbocycles. The van der Waals surface area contributed by atoms with E-state index in [-0.39, 0.29) is 5.91 Å². The zero-order chi connectivity index (χ0) is 21.0. The summed E-state index contributed by atoms with van der Waals surface area (Å²) < 4.78 is 1.82. The van der Waals surface area contributed by atoms with Crippen molar-refractivity contribution in [3.8, 4) is 0 Å². The van der Waals surface area contributed by atoms with Crippen LogP contribution >= 0.6 is 11.8 Å². The number of nitrogens with one attached hydrogen (secondary N) is 2. The van der Waals surface area contributed by atoms with E-state index in [0.717, 1.165) is 29.0 Å². The lowest BCUT2D eigenvalue weighted by atomic mass is 10.1. The summed E-state index contributed by atoms with van der Waals surface area (Å²) in [4.78, 5) is 21.6. The maximum Gasteiger partial charge on any atom is 0.251 e. The highest BCUT2D eigenvalue weighted by molar-refractivity contribution is 7.98. The van der Waals surface area contributed by atoms with Crippen LogP contribution in [0.15, 0.2) is 29.6 Å². The fourth-order valence-electron chi connectivity index (χ4n) is 2.89. The second-order valence-corrected chi connectivity index (χ2v) is 8.27. The van der Waals surface area contributed by atoms with Crippen LogP contribution in [-0.2, 0) is 6.54 Å². The zero-order valence-electron chi connectivity index (χ0n) is 17.6. The lowest BCUT2D eigenvalue weighted by Gasteiger charge is -2.11. The van der Waals surface area contributed by atoms with Crippen LogP contribution in [0.4, 0.5) is 5.82 Å². The SMILES string of the molecule is CSc1nc(NCC(C)C)c2cnn(CCNC(=O)c3ccc(C)c(C)c3)c2n1. The van der Waals surface area contributed by atoms with Gasteiger partial charge in [-0.05, 0) is 49.3 Å². The molecule has 0 spiro atoms. The molecule has 3 aromatic rings. The molecule has 7 nitrogen and oxygen atoms in total. The Hall–Kier alpha value is -2.61. The normalized spacial score (nSPS) is 11.2. The molecule has 3 rings (SSSR count). The molecule has 0 fully saturated rings. The number of nitrogens with zero attached hydrogens (tertiary/aromatic N) is 4. The molecule has 0 radical (unpaired) electrons. The predicted molar refractivity (Wildman–Crippen MR) is 119 cm³/mol. The number of carbonyl (C=O) groups is 1. The third-order valence-corrected chi connectivity index (χ3v) is 5.26. The Bertz CT molecular complexity index is 1010. The van der Waals surface area contributed by atoms with Crippen molar-refractivity contribution in [2.45, 2.75) is 39.4 Å². The third kappa shape index (κ3) is 5.06. The van der Waals surface area contributed by atoms with Crippen LogP contribution in [0.1, 0.15) is 35.3 Å². The molecule has 2 aromatic heterocycles. The molecule has 2 N–H and O–H groups in total. The standard InChI is InChI=1S/C21H28N6OS/c1-13(2)11-23-18-17-12-24-27(19(17)26-21(25-18)29-5)9-8-22-20(28)16-7-6-14(3)15(4)10-16/h6-7,10,12-13H,8-9,11H2,1-5H3,(H,22,28)(H,23,25,26). The van der Waals surface area contributed by atoms with Crippen molar-refractivity contribution in [2.24, 2.45) is 5.92 Å². The van der Waals surface area contributed by atoms with Gasteiger partial charge in [0.25, 0.3) is 5.91 Å². The molecule has 0 saturated carbocycles. The van der Waals surface area contributed by atoms with Gasteiger partial charge >= 0.3 is 0 Å². The topological polar surface area (TPSA) is 84.7 Å². The number of thioether (sulfide) groups is 1. The van der Waals surface area contributed by atoms with E-state index < -0.39 is 0 Å². The van der Waals surface area contributed by atoms with Crippen LogP contribution in [0.5, 0.6) is 0 Å². The van der Waals surface area contributed by atoms with Crippen molar-refractivity contribution < 1.29 is 4.79 Å². The van der Waals surface area contributed by atoms with Gasteiger partial charge in [-0.25, -0.2) is 14.6 Å². The minimum Gasteiger partial charge on any atom is -0.369 e. The number of aryl methyl sites for hydroxylation is 2. The van der Waals surface area contributed by atoms with Gasteiger partial charge < -0.3 is 10.6 Å². The van der Waals surface area contributed by atoms with Crippen molar-refractivity contribution in [3.63, 3.8) is 0 Å². The van der Waals surface area contributed by atoms with Crippen LogP contribution in [0, 0.1) is 19.8 Å². The van der Waals surface area contributed by atoms with E-state index in [0.29, 0.717) is 29.7 Å². The lowest BCUT2D eigenvalue weighted by Crippen LogP contribution is -2.27. The molecule has 8 heteroatoms. The van der Waals surface area contributed by atoms with Gasteiger partial charge in [-0.1, -0.05) is 31.7 Å². The minimum atomic E-state index is -0.0803. The van der Waals surface area contributed by atoms with Crippen molar-refractivity contribution in [1.29, 1.82) is 0 Å². The molecule has 154 valence electrons. The average Bonchev–Trinajstić information content (AvgIpc) is 3.11. The summed E-state index contributed by atoms with van der Waals surface area (Å²) in [6.07, 6.45) is 3.74. The monoisotopic (exact) mass is 412 g/mol. The van der Waals surface area contributed by atoms with Crippen LogP contribution < -0.4 is 10.6 Å². The first kappa shape index (κ1) is 21.1. The number of amides is 1. The first-order valence-electron chi connectivity index (χ1n) is 9.76. The number of fused-ring (bicyclic) bond motifs is 1. The molecule has 2 heterocycles. The highest BCUT2D eigenvalue weighted by Crippen LogP contribution is 2.23. The van der Waals surface area contributed by atoms with Crippen LogP contribution in [0.25, 0.3) is 11.0 Å². The first-order chi connectivity index (χ1) is 13.9. The van der Waals surface area contributed by atoms with Crippen LogP contribution in [0.2, 0.25) is 0 Å². The highest BCUT2D eigenvalue weighted by Gasteiger charge is 2.13. The van der Waals surface area contributed by atoms with E-state index in [1.807, 2.05) is 43.0 Å². The van der Waals surface area contributed by atoms with Gasteiger partial charge in [-0.15, -0.1) is 0 Å². The summed E-state index contributed by atoms with van der Waals surface area (Å²) in [6.45, 7) is 10.2. The number of aromatic nitrogens is 4. The molecule has 0 unspecified atom stereocenters. The van der Waals surface area contributed by atoms with E-state index in [2.05, 4.69) is 39.5 Å². The lowest BCUT2D eigenvalue weighted by molar-refractivity contribution is 0.0952. The van der Waals surface area contributed by atoms with E-state index in [1.165, 1.54) is 17.3 Å². The second-order valence-electron chi connectivity index (χ2n) is 7.49. The number of hydrogen-bond acceptors (Lipinski definition) is 6. The number of carbonyl (C=O) groups excluding carboxylic acids is 1. The third-order valence-electron chi connectivity index (χ3n) is 4.71. The predicted octanol–water partition coefficient (Wildman–Crippen LogP) is 3.66. The van der Waals surface area contributed by atoms with Crippen molar-refractivity contribution in [1.82, 2.24) is 25.1 Å². The molecule has 0 aliphatic carbocycles. The largest absolute Gasteiger partial charge is 0.369 e. The molecule has 0 atom stereocenters. The summed E-state index contributed by atoms with van der Waals surface area (Å²) in [5.41, 5.74) is 3.73. The van der Waals surface area contributed by atoms with Gasteiger partial charge in [0, 0.05) is 18.7 Å². The van der Waals surface area contributed by atoms with E-state index >= 15 is 0 Å². The molecule has 0 aliphatic heterocycles. The first-order valence-corrected chi connectivity index (χ1v) is 11.0. The average molecular weight is 413 g/mol. The molecule has 0 saturated heterocycles. The molecule has 29 heavy (non-hydrogen) atoms. The number of benzene rings is 1. The Morgan fingerprint density at radius 1 is 1.21 bits per heavy atom. The molecule has 0 aliphatic rings. The van der Waals surface area contributed by atoms with Gasteiger partial charge in [0.05, 0.1) is 18.1 Å². The molecule has 1 amide bonds. The van der Waals surface area contributed by atoms with E-state index in [9.17, 15) is 4.79 Å². The van der Waals surface area contributed by atoms with Gasteiger partial charge in [-0.2, -0.15) is 5.10 Å². The Balaban J connectivity index is 1.72. The summed E-state index contributed by atoms with van der Waals surface area (Å²) in [6, 6.07) is 5.74. The Kier molecular flexibility index (Phi) is 6.74. The number of hydrogen-bond donors (Lipinski definition) is 2. The summed E-state index contributed by atoms with van der Waals surface area (Å²) >= 11 is 1.50. The fourth-order valence-corrected chi connectivity index (χ4v) is 3.25. The summed E-state index contributed by atoms with van der Waals surface area (Å²) in [5.74, 6) is 1.23. The van der Waals surface area contributed by atoms with Crippen molar-refractivity contribution >= 4 is 34.5 Å². The Morgan fingerprint density at radius 3 is 2.69 bits per heavy atom. The maximum atomic E-state index is 12.4. The number of rotatable bonds is 8. The minimum absolute atomic E-state index is 0.0803. The van der Waals surface area contributed by atoms with E-state index in [1.54, 1.807) is 6.20 Å². The van der Waals surface area contributed by atoms with Crippen LogP contribution in [0.3, 0.4) is 0 Å². The van der Waals surface area contributed by atoms with Gasteiger partial charge in [0.2, 0.25) is 0 Å². The summed E-state index contributed by atoms with van der Waals surface area (Å²) in [5, 5.41) is 12.4. The van der Waals surface area contributed by atoms with Crippen molar-refractivity contribution in [2.75, 3.05) is 24.7 Å². The molecular weight excluding hydrogens is 384 g/mol. The van der Waals surface area contributed by atoms with Gasteiger partial charge in [0.15, 0.2) is 10.8 Å². The van der Waals surface area contributed by atoms with Gasteiger partial charge in [-0.3, -0.25) is 4.79 Å². The molecular formula is C21H28N6OS. The zero-order valence-corrected chi connectivity index (χ0v) is 18.4. The second kappa shape index (κ2) is 9.26. The summed E-state index contributed by atoms with van der Waals surface area (Å²) in [7, 11) is 0. The Morgan fingerprint density at radius 2 is 2.00 bits per heavy atom. The van der Waals surface area contributed by atoms with Crippen molar-refractivity contribution in [3.05, 3.63) is 41.1 Å². The van der Waals surface area contributed by atoms with Gasteiger partial charge in [0.1, 0.15) is 5.82 Å². The smallest absolute Gasteiger partial charge is 0.251 e. The Labute approximate surface area is 175 Å². The highest BCUT2D eigenvalue weighted by atomic mass is 32.2. The number of anilines is 1.